The fourth-order valence-corrected chi connectivity index (χ4v) is 2.83. The van der Waals surface area contributed by atoms with Crippen LogP contribution < -0.4 is 20.9 Å². The molecule has 0 unspecified atom stereocenters. The van der Waals surface area contributed by atoms with Crippen LogP contribution in [0.15, 0.2) is 77.3 Å². The van der Waals surface area contributed by atoms with Gasteiger partial charge in [-0.05, 0) is 48.5 Å². The van der Waals surface area contributed by atoms with E-state index in [9.17, 15) is 19.5 Å². The van der Waals surface area contributed by atoms with Gasteiger partial charge in [0.05, 0.1) is 11.1 Å². The molecule has 0 saturated heterocycles. The monoisotopic (exact) mass is 483 g/mol. The average Bonchev–Trinajstić information content (AvgIpc) is 2.78. The lowest BCUT2D eigenvalue weighted by molar-refractivity contribution is -0.118. The highest BCUT2D eigenvalue weighted by Crippen LogP contribution is 2.19. The van der Waals surface area contributed by atoms with Gasteiger partial charge in [0.2, 0.25) is 0 Å². The van der Waals surface area contributed by atoms with Crippen LogP contribution in [0.2, 0.25) is 0 Å². The van der Waals surface area contributed by atoms with Crippen molar-refractivity contribution in [3.8, 4) is 11.5 Å². The smallest absolute Gasteiger partial charge is 0.273 e. The number of carbonyl (C=O) groups excluding carboxylic acids is 3. The molecule has 0 saturated carbocycles. The third-order valence-corrected chi connectivity index (χ3v) is 4.59. The first-order chi connectivity index (χ1) is 14.9. The summed E-state index contributed by atoms with van der Waals surface area (Å²) in [5.41, 5.74) is 5.23. The number of anilines is 1. The molecule has 0 atom stereocenters. The van der Waals surface area contributed by atoms with E-state index >= 15 is 0 Å². The number of rotatable bonds is 6. The number of hydrazine groups is 1. The zero-order valence-electron chi connectivity index (χ0n) is 16.1. The van der Waals surface area contributed by atoms with Gasteiger partial charge in [0.1, 0.15) is 11.5 Å². The molecule has 3 aromatic rings. The highest BCUT2D eigenvalue weighted by Gasteiger charge is 2.16. The maximum absolute atomic E-state index is 12.5. The molecule has 3 rings (SSSR count). The Morgan fingerprint density at radius 1 is 0.806 bits per heavy atom. The molecule has 0 heterocycles. The number of para-hydroxylation sites is 2. The number of benzene rings is 3. The summed E-state index contributed by atoms with van der Waals surface area (Å²) < 4.78 is 6.38. The Kier molecular flexibility index (Phi) is 7.23. The first-order valence-corrected chi connectivity index (χ1v) is 9.89. The van der Waals surface area contributed by atoms with E-state index in [0.717, 1.165) is 4.47 Å². The molecule has 4 N–H and O–H groups in total. The Hall–Kier alpha value is -3.85. The Bertz CT molecular complexity index is 1100. The predicted molar refractivity (Wildman–Crippen MR) is 118 cm³/mol. The lowest BCUT2D eigenvalue weighted by atomic mass is 10.2. The zero-order chi connectivity index (χ0) is 22.2. The number of phenolic OH excluding ortho intramolecular Hbond substituents is 1. The van der Waals surface area contributed by atoms with Crippen LogP contribution in [0.3, 0.4) is 0 Å². The van der Waals surface area contributed by atoms with E-state index in [1.54, 1.807) is 48.5 Å². The maximum atomic E-state index is 12.5. The van der Waals surface area contributed by atoms with Crippen molar-refractivity contribution in [1.29, 1.82) is 0 Å². The van der Waals surface area contributed by atoms with Crippen LogP contribution >= 0.6 is 15.9 Å². The molecule has 0 aliphatic rings. The van der Waals surface area contributed by atoms with Crippen LogP contribution in [-0.4, -0.2) is 29.4 Å². The number of phenols is 1. The van der Waals surface area contributed by atoms with Gasteiger partial charge in [0, 0.05) is 10.2 Å². The van der Waals surface area contributed by atoms with Gasteiger partial charge in [-0.1, -0.05) is 40.2 Å². The van der Waals surface area contributed by atoms with Crippen LogP contribution in [0, 0.1) is 0 Å². The molecule has 0 aliphatic heterocycles. The molecule has 0 radical (unpaired) electrons. The summed E-state index contributed by atoms with van der Waals surface area (Å²) in [5.74, 6) is -1.77. The van der Waals surface area contributed by atoms with E-state index < -0.39 is 17.7 Å². The largest absolute Gasteiger partial charge is 0.507 e. The minimum absolute atomic E-state index is 0.0111. The molecule has 0 fully saturated rings. The number of aromatic hydroxyl groups is 1. The summed E-state index contributed by atoms with van der Waals surface area (Å²) in [7, 11) is 0. The molecular weight excluding hydrogens is 466 g/mol. The minimum atomic E-state index is -0.682. The van der Waals surface area contributed by atoms with Crippen molar-refractivity contribution in [3.63, 3.8) is 0 Å². The van der Waals surface area contributed by atoms with Crippen molar-refractivity contribution in [2.75, 3.05) is 11.9 Å². The number of nitrogens with one attached hydrogen (secondary N) is 3. The van der Waals surface area contributed by atoms with Crippen LogP contribution in [0.25, 0.3) is 0 Å². The van der Waals surface area contributed by atoms with E-state index in [-0.39, 0.29) is 29.2 Å². The molecule has 3 aromatic carbocycles. The van der Waals surface area contributed by atoms with E-state index in [1.807, 2.05) is 0 Å². The summed E-state index contributed by atoms with van der Waals surface area (Å²) in [6.45, 7) is -0.315. The van der Waals surface area contributed by atoms with Crippen molar-refractivity contribution in [1.82, 2.24) is 10.9 Å². The van der Waals surface area contributed by atoms with Gasteiger partial charge in [-0.3, -0.25) is 25.2 Å². The van der Waals surface area contributed by atoms with Gasteiger partial charge in [-0.25, -0.2) is 0 Å². The van der Waals surface area contributed by atoms with Crippen molar-refractivity contribution < 1.29 is 24.2 Å². The number of amides is 3. The van der Waals surface area contributed by atoms with Crippen molar-refractivity contribution >= 4 is 39.3 Å². The minimum Gasteiger partial charge on any atom is -0.507 e. The average molecular weight is 484 g/mol. The molecule has 0 aliphatic carbocycles. The van der Waals surface area contributed by atoms with E-state index in [0.29, 0.717) is 5.69 Å². The van der Waals surface area contributed by atoms with Crippen LogP contribution in [0.5, 0.6) is 11.5 Å². The van der Waals surface area contributed by atoms with E-state index in [4.69, 9.17) is 4.74 Å². The second kappa shape index (κ2) is 10.3. The molecule has 0 bridgehead atoms. The molecular formula is C22H18BrN3O5. The van der Waals surface area contributed by atoms with Crippen molar-refractivity contribution in [3.05, 3.63) is 88.4 Å². The fourth-order valence-electron chi connectivity index (χ4n) is 2.57. The van der Waals surface area contributed by atoms with Crippen molar-refractivity contribution in [2.45, 2.75) is 0 Å². The molecule has 9 heteroatoms. The normalized spacial score (nSPS) is 10.1. The SMILES string of the molecule is O=C(COc1ccccc1C(=O)NNC(=O)c1ccccc1O)Nc1ccc(Br)cc1. The number of carbonyl (C=O) groups is 3. The van der Waals surface area contributed by atoms with Crippen molar-refractivity contribution in [2.24, 2.45) is 0 Å². The van der Waals surface area contributed by atoms with Crippen LogP contribution in [0.4, 0.5) is 5.69 Å². The summed E-state index contributed by atoms with van der Waals surface area (Å²) in [6, 6.07) is 19.3. The summed E-state index contributed by atoms with van der Waals surface area (Å²) >= 11 is 3.32. The number of halogens is 1. The quantitative estimate of drug-likeness (QED) is 0.401. The van der Waals surface area contributed by atoms with Gasteiger partial charge < -0.3 is 15.2 Å². The molecule has 8 nitrogen and oxygen atoms in total. The third kappa shape index (κ3) is 6.06. The first kappa shape index (κ1) is 21.8. The number of hydrogen-bond acceptors (Lipinski definition) is 5. The second-order valence-corrected chi connectivity index (χ2v) is 7.18. The van der Waals surface area contributed by atoms with E-state index in [1.165, 1.54) is 24.3 Å². The molecule has 3 amide bonds. The Balaban J connectivity index is 1.58. The standard InChI is InChI=1S/C22H18BrN3O5/c23-14-9-11-15(12-10-14)24-20(28)13-31-19-8-4-2-6-17(19)22(30)26-25-21(29)16-5-1-3-7-18(16)27/h1-12,27H,13H2,(H,24,28)(H,25,29)(H,26,30). The number of ether oxygens (including phenoxy) is 1. The molecule has 158 valence electrons. The van der Waals surface area contributed by atoms with E-state index in [2.05, 4.69) is 32.1 Å². The summed E-state index contributed by atoms with van der Waals surface area (Å²) in [5, 5.41) is 12.4. The maximum Gasteiger partial charge on any atom is 0.273 e. The van der Waals surface area contributed by atoms with Crippen LogP contribution in [-0.2, 0) is 4.79 Å². The Labute approximate surface area is 186 Å². The fraction of sp³-hybridized carbons (Fsp3) is 0.0455. The number of hydrogen-bond donors (Lipinski definition) is 4. The van der Waals surface area contributed by atoms with Gasteiger partial charge in [-0.2, -0.15) is 0 Å². The molecule has 0 spiro atoms. The lowest BCUT2D eigenvalue weighted by Gasteiger charge is -2.13. The lowest BCUT2D eigenvalue weighted by Crippen LogP contribution is -2.41. The summed E-state index contributed by atoms with van der Waals surface area (Å²) in [4.78, 5) is 36.7. The van der Waals surface area contributed by atoms with Gasteiger partial charge >= 0.3 is 0 Å². The molecule has 0 aromatic heterocycles. The summed E-state index contributed by atoms with van der Waals surface area (Å²) in [6.07, 6.45) is 0. The Morgan fingerprint density at radius 2 is 1.39 bits per heavy atom. The Morgan fingerprint density at radius 3 is 2.06 bits per heavy atom. The third-order valence-electron chi connectivity index (χ3n) is 4.06. The highest BCUT2D eigenvalue weighted by molar-refractivity contribution is 9.10. The second-order valence-electron chi connectivity index (χ2n) is 6.27. The first-order valence-electron chi connectivity index (χ1n) is 9.10. The molecule has 31 heavy (non-hydrogen) atoms. The topological polar surface area (TPSA) is 117 Å². The van der Waals surface area contributed by atoms with Gasteiger partial charge in [-0.15, -0.1) is 0 Å². The predicted octanol–water partition coefficient (Wildman–Crippen LogP) is 3.25. The highest BCUT2D eigenvalue weighted by atomic mass is 79.9. The van der Waals surface area contributed by atoms with Gasteiger partial charge in [0.25, 0.3) is 17.7 Å². The zero-order valence-corrected chi connectivity index (χ0v) is 17.7. The van der Waals surface area contributed by atoms with Crippen LogP contribution in [0.1, 0.15) is 20.7 Å². The van der Waals surface area contributed by atoms with Gasteiger partial charge in [0.15, 0.2) is 6.61 Å².